The van der Waals surface area contributed by atoms with Gasteiger partial charge < -0.3 is 16.8 Å². The number of halogens is 3. The molecule has 0 saturated heterocycles. The first-order valence-electron chi connectivity index (χ1n) is 8.64. The number of quaternary nitrogens is 1. The molecule has 0 unspecified atom stereocenters. The fourth-order valence-electron chi connectivity index (χ4n) is 3.32. The summed E-state index contributed by atoms with van der Waals surface area (Å²) < 4.78 is 40.7. The number of primary amides is 1. The van der Waals surface area contributed by atoms with Crippen molar-refractivity contribution in [1.82, 2.24) is 0 Å². The van der Waals surface area contributed by atoms with Gasteiger partial charge >= 0.3 is 0 Å². The van der Waals surface area contributed by atoms with E-state index in [1.165, 1.54) is 12.1 Å². The molecule has 5 nitrogen and oxygen atoms in total. The summed E-state index contributed by atoms with van der Waals surface area (Å²) in [6.45, 7) is 0. The highest BCUT2D eigenvalue weighted by atomic mass is 19.2. The van der Waals surface area contributed by atoms with Crippen LogP contribution < -0.4 is 16.8 Å². The molecule has 1 aliphatic rings. The molecule has 0 heterocycles. The molecule has 0 aliphatic heterocycles. The fraction of sp³-hybridized carbons (Fsp3) is 0.200. The van der Waals surface area contributed by atoms with E-state index in [4.69, 9.17) is 5.73 Å². The van der Waals surface area contributed by atoms with E-state index < -0.39 is 35.3 Å². The Bertz CT molecular complexity index is 975. The number of carbonyl (C=O) groups is 2. The Morgan fingerprint density at radius 1 is 1.07 bits per heavy atom. The minimum atomic E-state index is -1.24. The lowest BCUT2D eigenvalue weighted by molar-refractivity contribution is -0.426. The largest absolute Gasteiger partial charge is 0.366 e. The third kappa shape index (κ3) is 4.07. The van der Waals surface area contributed by atoms with Gasteiger partial charge in [-0.2, -0.15) is 0 Å². The predicted molar refractivity (Wildman–Crippen MR) is 96.6 cm³/mol. The van der Waals surface area contributed by atoms with E-state index in [0.29, 0.717) is 17.3 Å². The van der Waals surface area contributed by atoms with Crippen molar-refractivity contribution in [2.75, 3.05) is 5.32 Å². The smallest absolute Gasteiger partial charge is 0.251 e. The van der Waals surface area contributed by atoms with Crippen molar-refractivity contribution in [3.8, 4) is 0 Å². The zero-order chi connectivity index (χ0) is 20.4. The van der Waals surface area contributed by atoms with Crippen LogP contribution in [-0.2, 0) is 4.79 Å². The Kier molecular flexibility index (Phi) is 5.51. The van der Waals surface area contributed by atoms with Crippen molar-refractivity contribution in [2.24, 2.45) is 5.73 Å². The van der Waals surface area contributed by atoms with Gasteiger partial charge in [-0.05, 0) is 30.7 Å². The Morgan fingerprint density at radius 2 is 1.79 bits per heavy atom. The van der Waals surface area contributed by atoms with Gasteiger partial charge in [0.1, 0.15) is 5.82 Å². The molecule has 2 amide bonds. The van der Waals surface area contributed by atoms with Crippen LogP contribution in [0.5, 0.6) is 0 Å². The van der Waals surface area contributed by atoms with Crippen molar-refractivity contribution in [3.05, 3.63) is 76.6 Å². The maximum absolute atomic E-state index is 14.1. The van der Waals surface area contributed by atoms with E-state index in [1.54, 1.807) is 18.2 Å². The van der Waals surface area contributed by atoms with Crippen LogP contribution in [-0.4, -0.2) is 17.9 Å². The first-order chi connectivity index (χ1) is 13.3. The lowest BCUT2D eigenvalue weighted by atomic mass is 9.80. The molecule has 0 fully saturated rings. The summed E-state index contributed by atoms with van der Waals surface area (Å²) in [4.78, 5) is 23.7. The number of nitrogens with two attached hydrogens (primary N) is 1. The van der Waals surface area contributed by atoms with Gasteiger partial charge in [0.2, 0.25) is 5.91 Å². The van der Waals surface area contributed by atoms with Crippen molar-refractivity contribution < 1.29 is 28.5 Å². The highest BCUT2D eigenvalue weighted by molar-refractivity contribution is 6.04. The second-order valence-corrected chi connectivity index (χ2v) is 6.72. The summed E-state index contributed by atoms with van der Waals surface area (Å²) in [7, 11) is 0. The molecule has 2 aromatic rings. The standard InChI is InChI=1S/C20H18F3N3O2/c21-15-9-17(23)16(22)8-14(15)13-5-4-11(7-18(13)24)20(28)26-12-3-1-2-10(6-12)19(25)27/h1-4,6,8-9,13,18H,5,7,24H2,(H2,25,27)(H,26,28)/p+1/t13-,18+/m1/s1. The van der Waals surface area contributed by atoms with E-state index >= 15 is 0 Å². The van der Waals surface area contributed by atoms with E-state index in [-0.39, 0.29) is 29.9 Å². The monoisotopic (exact) mass is 390 g/mol. The van der Waals surface area contributed by atoms with Gasteiger partial charge in [-0.1, -0.05) is 12.1 Å². The van der Waals surface area contributed by atoms with E-state index in [1.807, 2.05) is 0 Å². The highest BCUT2D eigenvalue weighted by Gasteiger charge is 2.32. The molecule has 146 valence electrons. The average Bonchev–Trinajstić information content (AvgIpc) is 2.65. The number of carbonyl (C=O) groups excluding carboxylic acids is 2. The van der Waals surface area contributed by atoms with Gasteiger partial charge in [-0.25, -0.2) is 13.2 Å². The van der Waals surface area contributed by atoms with Gasteiger partial charge in [0, 0.05) is 40.8 Å². The molecule has 0 bridgehead atoms. The summed E-state index contributed by atoms with van der Waals surface area (Å²) in [6.07, 6.45) is 2.14. The zero-order valence-electron chi connectivity index (χ0n) is 14.8. The summed E-state index contributed by atoms with van der Waals surface area (Å²) in [5, 5.41) is 2.68. The topological polar surface area (TPSA) is 99.8 Å². The van der Waals surface area contributed by atoms with Crippen LogP contribution in [0.2, 0.25) is 0 Å². The molecule has 0 spiro atoms. The first kappa shape index (κ1) is 19.6. The van der Waals surface area contributed by atoms with Gasteiger partial charge in [-0.15, -0.1) is 0 Å². The molecular weight excluding hydrogens is 371 g/mol. The number of rotatable bonds is 4. The van der Waals surface area contributed by atoms with Crippen molar-refractivity contribution in [1.29, 1.82) is 0 Å². The van der Waals surface area contributed by atoms with Crippen LogP contribution in [0.15, 0.2) is 48.0 Å². The third-order valence-electron chi connectivity index (χ3n) is 4.81. The van der Waals surface area contributed by atoms with E-state index in [2.05, 4.69) is 11.1 Å². The minimum Gasteiger partial charge on any atom is -0.366 e. The Balaban J connectivity index is 1.76. The SMILES string of the molecule is NC(=O)c1cccc(NC(=O)C2=CC[C@H](c3cc(F)c(F)cc3F)[C@@H]([NH3+])C2)c1. The normalized spacial score (nSPS) is 19.1. The Hall–Kier alpha value is -3.13. The third-order valence-corrected chi connectivity index (χ3v) is 4.81. The molecule has 1 aliphatic carbocycles. The van der Waals surface area contributed by atoms with Gasteiger partial charge in [-0.3, -0.25) is 9.59 Å². The maximum Gasteiger partial charge on any atom is 0.251 e. The van der Waals surface area contributed by atoms with Crippen LogP contribution in [0.1, 0.15) is 34.7 Å². The van der Waals surface area contributed by atoms with Crippen LogP contribution >= 0.6 is 0 Å². The van der Waals surface area contributed by atoms with Gasteiger partial charge in [0.05, 0.1) is 6.04 Å². The molecular formula is C20H19F3N3O2+. The lowest BCUT2D eigenvalue weighted by Gasteiger charge is -2.26. The van der Waals surface area contributed by atoms with Crippen LogP contribution in [0, 0.1) is 17.5 Å². The number of nitrogens with one attached hydrogen (secondary N) is 1. The number of amides is 2. The van der Waals surface area contributed by atoms with Crippen LogP contribution in [0.25, 0.3) is 0 Å². The molecule has 0 aromatic heterocycles. The van der Waals surface area contributed by atoms with Crippen LogP contribution in [0.4, 0.5) is 18.9 Å². The average molecular weight is 390 g/mol. The number of allylic oxidation sites excluding steroid dienone is 1. The van der Waals surface area contributed by atoms with Gasteiger partial charge in [0.25, 0.3) is 5.91 Å². The maximum atomic E-state index is 14.1. The summed E-state index contributed by atoms with van der Waals surface area (Å²) in [5.74, 6) is -4.65. The number of anilines is 1. The summed E-state index contributed by atoms with van der Waals surface area (Å²) >= 11 is 0. The summed E-state index contributed by atoms with van der Waals surface area (Å²) in [6, 6.07) is 7.18. The molecule has 0 radical (unpaired) electrons. The molecule has 6 N–H and O–H groups in total. The van der Waals surface area contributed by atoms with Crippen molar-refractivity contribution >= 4 is 17.5 Å². The molecule has 28 heavy (non-hydrogen) atoms. The van der Waals surface area contributed by atoms with E-state index in [0.717, 1.165) is 6.07 Å². The second kappa shape index (κ2) is 7.85. The van der Waals surface area contributed by atoms with Crippen LogP contribution in [0.3, 0.4) is 0 Å². The van der Waals surface area contributed by atoms with E-state index in [9.17, 15) is 22.8 Å². The zero-order valence-corrected chi connectivity index (χ0v) is 14.8. The highest BCUT2D eigenvalue weighted by Crippen LogP contribution is 2.33. The molecule has 2 aromatic carbocycles. The Labute approximate surface area is 159 Å². The first-order valence-corrected chi connectivity index (χ1v) is 8.64. The Morgan fingerprint density at radius 3 is 2.46 bits per heavy atom. The molecule has 0 saturated carbocycles. The van der Waals surface area contributed by atoms with Crippen molar-refractivity contribution in [3.63, 3.8) is 0 Å². The molecule has 8 heteroatoms. The quantitative estimate of drug-likeness (QED) is 0.698. The number of hydrogen-bond donors (Lipinski definition) is 3. The van der Waals surface area contributed by atoms with Crippen molar-refractivity contribution in [2.45, 2.75) is 24.8 Å². The molecule has 3 rings (SSSR count). The minimum absolute atomic E-state index is 0.0452. The lowest BCUT2D eigenvalue weighted by Crippen LogP contribution is -2.64. The predicted octanol–water partition coefficient (Wildman–Crippen LogP) is 2.26. The number of hydrogen-bond acceptors (Lipinski definition) is 2. The van der Waals surface area contributed by atoms with Gasteiger partial charge in [0.15, 0.2) is 11.6 Å². The molecule has 2 atom stereocenters. The fourth-order valence-corrected chi connectivity index (χ4v) is 3.32. The second-order valence-electron chi connectivity index (χ2n) is 6.72. The summed E-state index contributed by atoms with van der Waals surface area (Å²) in [5.41, 5.74) is 10.4. The number of benzene rings is 2.